The number of hydrogen-bond donors (Lipinski definition) is 0. The second-order valence-corrected chi connectivity index (χ2v) is 5.59. The molecule has 0 aromatic carbocycles. The summed E-state index contributed by atoms with van der Waals surface area (Å²) in [6, 6.07) is 0. The van der Waals surface area contributed by atoms with Crippen molar-refractivity contribution in [2.45, 2.75) is 23.3 Å². The Morgan fingerprint density at radius 2 is 2.00 bits per heavy atom. The summed E-state index contributed by atoms with van der Waals surface area (Å²) in [6.45, 7) is 5.80. The molecule has 0 fully saturated rings. The van der Waals surface area contributed by atoms with Gasteiger partial charge in [0, 0.05) is 0 Å². The van der Waals surface area contributed by atoms with Gasteiger partial charge in [-0.2, -0.15) is 0 Å². The number of allylic oxidation sites excluding steroid dienone is 3. The highest BCUT2D eigenvalue weighted by atomic mass is 35.5. The van der Waals surface area contributed by atoms with E-state index in [4.69, 9.17) is 0 Å². The first-order chi connectivity index (χ1) is 4.31. The van der Waals surface area contributed by atoms with Gasteiger partial charge in [-0.15, -0.1) is 36.9 Å². The van der Waals surface area contributed by atoms with E-state index in [0.717, 1.165) is 0 Å². The summed E-state index contributed by atoms with van der Waals surface area (Å²) in [5.41, 5.74) is 0. The Morgan fingerprint density at radius 1 is 1.40 bits per heavy atom. The van der Waals surface area contributed by atoms with E-state index in [0.29, 0.717) is 0 Å². The maximum Gasteiger partial charge on any atom is 0.267 e. The van der Waals surface area contributed by atoms with Gasteiger partial charge in [-0.1, -0.05) is 16.6 Å². The summed E-state index contributed by atoms with van der Waals surface area (Å²) in [7, 11) is 0. The summed E-state index contributed by atoms with van der Waals surface area (Å²) in [5.74, 6) is 2.38. The van der Waals surface area contributed by atoms with Gasteiger partial charge >= 0.3 is 0 Å². The molecule has 0 N–H and O–H groups in total. The van der Waals surface area contributed by atoms with Crippen LogP contribution >= 0.6 is 12.4 Å². The Bertz CT molecular complexity index is 99.4. The maximum atomic E-state index is 3.72. The van der Waals surface area contributed by atoms with Gasteiger partial charge in [-0.3, -0.25) is 0 Å². The van der Waals surface area contributed by atoms with Gasteiger partial charge in [-0.25, -0.2) is 0 Å². The van der Waals surface area contributed by atoms with E-state index < -0.39 is 14.1 Å². The lowest BCUT2D eigenvalue weighted by atomic mass is 10.6. The number of hydrogen-bond acceptors (Lipinski definition) is 0. The fourth-order valence-corrected chi connectivity index (χ4v) is 2.25. The van der Waals surface area contributed by atoms with Crippen LogP contribution in [0.4, 0.5) is 0 Å². The zero-order valence-corrected chi connectivity index (χ0v) is 8.81. The summed E-state index contributed by atoms with van der Waals surface area (Å²) in [6.07, 6.45) is 6.44. The molecule has 2 heteroatoms. The third kappa shape index (κ3) is 8.30. The number of halogens is 1. The Morgan fingerprint density at radius 3 is 2.40 bits per heavy atom. The molecular weight excluding hydrogens is 159 g/mol. The highest BCUT2D eigenvalue weighted by molar-refractivity contribution is 6.58. The lowest BCUT2D eigenvalue weighted by Gasteiger charge is -1.94. The molecule has 0 radical (unpaired) electrons. The minimum Gasteiger partial charge on any atom is -0.147 e. The molecule has 0 aromatic heterocycles. The minimum absolute atomic E-state index is 0. The van der Waals surface area contributed by atoms with Crippen LogP contribution in [-0.2, 0) is 0 Å². The smallest absolute Gasteiger partial charge is 0.147 e. The molecule has 0 atom stereocenters. The van der Waals surface area contributed by atoms with Crippen LogP contribution in [0.3, 0.4) is 0 Å². The van der Waals surface area contributed by atoms with Gasteiger partial charge in [0.1, 0.15) is 0 Å². The summed E-state index contributed by atoms with van der Waals surface area (Å²) in [5, 5.41) is 2.59. The first-order valence-corrected chi connectivity index (χ1v) is 6.32. The fourth-order valence-electron chi connectivity index (χ4n) is 0.749. The van der Waals surface area contributed by atoms with E-state index in [9.17, 15) is 0 Å². The molecule has 0 bridgehead atoms. The van der Waals surface area contributed by atoms with Crippen LogP contribution in [0.5, 0.6) is 0 Å². The zero-order valence-electron chi connectivity index (χ0n) is 6.84. The van der Waals surface area contributed by atoms with Crippen LogP contribution in [0.25, 0.3) is 0 Å². The average Bonchev–Trinajstić information content (AvgIpc) is 1.85. The first kappa shape index (κ1) is 12.9. The molecule has 0 saturated carbocycles. The molecular formula is C8H16AlCl. The molecule has 0 spiro atoms. The van der Waals surface area contributed by atoms with Crippen LogP contribution < -0.4 is 0 Å². The largest absolute Gasteiger partial charge is 0.267 e. The average molecular weight is 175 g/mol. The Kier molecular flexibility index (Phi) is 12.0. The van der Waals surface area contributed by atoms with Crippen molar-refractivity contribution in [3.8, 4) is 0 Å². The Balaban J connectivity index is 0. The quantitative estimate of drug-likeness (QED) is 0.453. The molecule has 0 rings (SSSR count). The molecule has 0 saturated heterocycles. The Labute approximate surface area is 74.8 Å². The van der Waals surface area contributed by atoms with Gasteiger partial charge in [0.25, 0.3) is 14.1 Å². The lowest BCUT2D eigenvalue weighted by molar-refractivity contribution is 1.50. The van der Waals surface area contributed by atoms with Gasteiger partial charge in [-0.05, 0) is 6.92 Å². The van der Waals surface area contributed by atoms with E-state index in [1.54, 1.807) is 0 Å². The van der Waals surface area contributed by atoms with Crippen LogP contribution in [-0.4, -0.2) is 14.1 Å². The second-order valence-electron chi connectivity index (χ2n) is 2.43. The number of rotatable bonds is 4. The molecule has 58 valence electrons. The predicted molar refractivity (Wildman–Crippen MR) is 53.5 cm³/mol. The summed E-state index contributed by atoms with van der Waals surface area (Å²) >= 11 is -0.425. The normalized spacial score (nSPS) is 9.00. The van der Waals surface area contributed by atoms with E-state index in [2.05, 4.69) is 31.4 Å². The van der Waals surface area contributed by atoms with Crippen molar-refractivity contribution in [3.63, 3.8) is 0 Å². The molecule has 0 aromatic rings. The van der Waals surface area contributed by atoms with Crippen molar-refractivity contribution < 1.29 is 0 Å². The van der Waals surface area contributed by atoms with E-state index in [1.165, 1.54) is 10.6 Å². The van der Waals surface area contributed by atoms with Crippen molar-refractivity contribution >= 4 is 26.6 Å². The van der Waals surface area contributed by atoms with E-state index in [-0.39, 0.29) is 12.4 Å². The monoisotopic (exact) mass is 174 g/mol. The maximum absolute atomic E-state index is 3.72. The standard InChI is InChI=1S/C4H7.C3H5.CH3.Al.ClH/c1-3-4-2;1-3-2;;;/h3-4H,1H2,2H3;3H,1-2H2;1H3;;1H. The predicted octanol–water partition coefficient (Wildman–Crippen LogP) is 3.29. The molecule has 0 aliphatic heterocycles. The third-order valence-corrected chi connectivity index (χ3v) is 3.56. The molecule has 0 nitrogen and oxygen atoms in total. The van der Waals surface area contributed by atoms with Crippen molar-refractivity contribution in [2.24, 2.45) is 0 Å². The summed E-state index contributed by atoms with van der Waals surface area (Å²) < 4.78 is 0. The SMILES string of the molecule is C=C[CH2][Al]([CH3])[CH2]C=CC.Cl. The second kappa shape index (κ2) is 9.30. The molecule has 10 heavy (non-hydrogen) atoms. The van der Waals surface area contributed by atoms with Crippen molar-refractivity contribution in [1.82, 2.24) is 0 Å². The lowest BCUT2D eigenvalue weighted by Crippen LogP contribution is -2.01. The zero-order chi connectivity index (χ0) is 7.11. The Hall–Kier alpha value is 0.302. The molecule has 0 unspecified atom stereocenters. The van der Waals surface area contributed by atoms with E-state index >= 15 is 0 Å². The van der Waals surface area contributed by atoms with Crippen LogP contribution in [0.15, 0.2) is 24.8 Å². The van der Waals surface area contributed by atoms with Crippen LogP contribution in [0.2, 0.25) is 16.4 Å². The fraction of sp³-hybridized carbons (Fsp3) is 0.500. The van der Waals surface area contributed by atoms with Gasteiger partial charge < -0.3 is 0 Å². The van der Waals surface area contributed by atoms with Crippen LogP contribution in [0, 0.1) is 0 Å². The van der Waals surface area contributed by atoms with Crippen molar-refractivity contribution in [3.05, 3.63) is 24.8 Å². The topological polar surface area (TPSA) is 0 Å². The first-order valence-electron chi connectivity index (χ1n) is 3.53. The minimum atomic E-state index is -0.425. The van der Waals surface area contributed by atoms with Gasteiger partial charge in [0.05, 0.1) is 0 Å². The summed E-state index contributed by atoms with van der Waals surface area (Å²) in [4.78, 5) is 0. The van der Waals surface area contributed by atoms with Crippen molar-refractivity contribution in [1.29, 1.82) is 0 Å². The highest BCUT2D eigenvalue weighted by Crippen LogP contribution is 1.99. The molecule has 0 amide bonds. The highest BCUT2D eigenvalue weighted by Gasteiger charge is 2.02. The van der Waals surface area contributed by atoms with Gasteiger partial charge in [0.2, 0.25) is 0 Å². The van der Waals surface area contributed by atoms with Gasteiger partial charge in [0.15, 0.2) is 0 Å². The third-order valence-electron chi connectivity index (χ3n) is 1.34. The van der Waals surface area contributed by atoms with Crippen LogP contribution in [0.1, 0.15) is 6.92 Å². The van der Waals surface area contributed by atoms with Crippen molar-refractivity contribution in [2.75, 3.05) is 0 Å². The molecule has 0 aliphatic carbocycles. The van der Waals surface area contributed by atoms with E-state index in [1.807, 2.05) is 6.08 Å². The molecule has 0 heterocycles. The molecule has 0 aliphatic rings.